The summed E-state index contributed by atoms with van der Waals surface area (Å²) in [5, 5.41) is -1.74. The number of quaternary nitrogens is 1. The lowest BCUT2D eigenvalue weighted by atomic mass is 9.12. The molecule has 1 N–H and O–H groups in total. The summed E-state index contributed by atoms with van der Waals surface area (Å²) in [6.07, 6.45) is -7.13. The van der Waals surface area contributed by atoms with Gasteiger partial charge < -0.3 is 9.33 Å². The van der Waals surface area contributed by atoms with Crippen LogP contribution in [-0.4, -0.2) is 35.7 Å². The molecule has 0 aliphatic heterocycles. The lowest BCUT2D eigenvalue weighted by Crippen LogP contribution is -3.00. The molecule has 0 aliphatic rings. The summed E-state index contributed by atoms with van der Waals surface area (Å²) in [6.45, 7) is 2.24. The van der Waals surface area contributed by atoms with Crippen molar-refractivity contribution in [2.45, 2.75) is 25.9 Å². The SMILES string of the molecule is CC[Si](CC)(OC)c1c(F)c(F)c([B-](c2c(F)c(F)c(F)c(F)c2F)(c2c(F)c(F)c(F)c(F)c2F)c2c(F)c(F)c(F)c(F)c2F)c(F)c1F.C[NH+](C)c1ccccc1. The quantitative estimate of drug-likeness (QED) is 0.0729. The highest BCUT2D eigenvalue weighted by Crippen LogP contribution is 2.31. The Morgan fingerprint density at radius 3 is 0.833 bits per heavy atom. The molecule has 0 saturated heterocycles. The largest absolute Gasteiger partial charge is 0.415 e. The van der Waals surface area contributed by atoms with Crippen molar-refractivity contribution in [1.29, 1.82) is 0 Å². The van der Waals surface area contributed by atoms with Crippen molar-refractivity contribution in [3.8, 4) is 0 Å². The molecule has 5 aromatic carbocycles. The van der Waals surface area contributed by atoms with Crippen molar-refractivity contribution in [2.24, 2.45) is 0 Å². The van der Waals surface area contributed by atoms with Gasteiger partial charge in [0.05, 0.1) is 14.1 Å². The maximum Gasteiger partial charge on any atom is 0.229 e. The molecule has 5 rings (SSSR count). The average molecular weight is 899 g/mol. The van der Waals surface area contributed by atoms with Crippen LogP contribution in [0.25, 0.3) is 0 Å². The van der Waals surface area contributed by atoms with E-state index in [4.69, 9.17) is 4.43 Å². The third-order valence-corrected chi connectivity index (χ3v) is 14.5. The first kappa shape index (κ1) is 47.6. The first-order chi connectivity index (χ1) is 27.9. The second-order valence-electron chi connectivity index (χ2n) is 13.1. The molecule has 23 heteroatoms. The molecule has 0 aliphatic carbocycles. The van der Waals surface area contributed by atoms with Gasteiger partial charge in [-0.25, -0.2) is 83.4 Å². The van der Waals surface area contributed by atoms with Crippen LogP contribution < -0.4 is 31.9 Å². The van der Waals surface area contributed by atoms with Crippen molar-refractivity contribution in [1.82, 2.24) is 0 Å². The fourth-order valence-electron chi connectivity index (χ4n) is 7.07. The normalized spacial score (nSPS) is 12.0. The first-order valence-corrected chi connectivity index (χ1v) is 19.2. The second kappa shape index (κ2) is 17.5. The topological polar surface area (TPSA) is 13.7 Å². The highest BCUT2D eigenvalue weighted by Gasteiger charge is 2.53. The van der Waals surface area contributed by atoms with E-state index >= 15 is 43.9 Å². The van der Waals surface area contributed by atoms with Crippen LogP contribution in [-0.2, 0) is 4.43 Å². The minimum atomic E-state index is -7.13. The van der Waals surface area contributed by atoms with Gasteiger partial charge in [-0.05, 0) is 24.2 Å². The zero-order valence-corrected chi connectivity index (χ0v) is 32.0. The van der Waals surface area contributed by atoms with Gasteiger partial charge in [-0.1, -0.05) is 32.0 Å². The molecule has 0 spiro atoms. The van der Waals surface area contributed by atoms with Crippen molar-refractivity contribution in [3.63, 3.8) is 0 Å². The maximum absolute atomic E-state index is 16.5. The van der Waals surface area contributed by atoms with Gasteiger partial charge in [0.2, 0.25) is 8.32 Å². The standard InChI is InChI=1S/C29H13BF19OSi.C8H11N/c1-4-51(5-2,50-3)29-27(48)16(37)9(17(38)28(29)49)30(6-10(31)18(39)24(45)19(40)11(6)32,7-12(33)20(41)25(46)21(42)13(7)34)8-14(35)22(43)26(47)23(44)15(8)36;1-9(2)8-6-4-3-5-7-8/h4-5H2,1-3H3;3-7H,1-2H3/q-1;/p+1. The Hall–Kier alpha value is -5.03. The fourth-order valence-corrected chi connectivity index (χ4v) is 10.1. The Bertz CT molecular complexity index is 2210. The molecule has 0 amide bonds. The molecule has 0 saturated carbocycles. The summed E-state index contributed by atoms with van der Waals surface area (Å²) in [5.41, 5.74) is -12.4. The molecule has 60 heavy (non-hydrogen) atoms. The highest BCUT2D eigenvalue weighted by molar-refractivity contribution is 7.20. The summed E-state index contributed by atoms with van der Waals surface area (Å²) in [4.78, 5) is 1.37. The van der Waals surface area contributed by atoms with Crippen LogP contribution in [0.15, 0.2) is 30.3 Å². The minimum Gasteiger partial charge on any atom is -0.415 e. The van der Waals surface area contributed by atoms with E-state index in [0.717, 1.165) is 21.0 Å². The van der Waals surface area contributed by atoms with Gasteiger partial charge in [0.15, 0.2) is 64.0 Å². The molecule has 0 aromatic heterocycles. The highest BCUT2D eigenvalue weighted by atomic mass is 28.4. The second-order valence-corrected chi connectivity index (χ2v) is 17.4. The molecule has 324 valence electrons. The molecule has 0 fully saturated rings. The lowest BCUT2D eigenvalue weighted by molar-refractivity contribution is -0.786. The zero-order chi connectivity index (χ0) is 45.7. The van der Waals surface area contributed by atoms with Gasteiger partial charge >= 0.3 is 0 Å². The molecule has 0 unspecified atom stereocenters. The van der Waals surface area contributed by atoms with E-state index < -0.39 is 164 Å². The van der Waals surface area contributed by atoms with E-state index in [2.05, 4.69) is 38.4 Å². The Kier molecular flexibility index (Phi) is 13.9. The molecule has 0 bridgehead atoms. The van der Waals surface area contributed by atoms with Gasteiger partial charge in [-0.3, -0.25) is 0 Å². The van der Waals surface area contributed by atoms with Crippen molar-refractivity contribution in [2.75, 3.05) is 21.2 Å². The summed E-state index contributed by atoms with van der Waals surface area (Å²) < 4.78 is 296. The van der Waals surface area contributed by atoms with Crippen LogP contribution in [0.1, 0.15) is 13.8 Å². The third kappa shape index (κ3) is 7.10. The molecule has 5 aromatic rings. The van der Waals surface area contributed by atoms with E-state index in [0.29, 0.717) is 0 Å². The number of para-hydroxylation sites is 1. The Balaban J connectivity index is 0.000000778. The fraction of sp³-hybridized carbons (Fsp3) is 0.189. The van der Waals surface area contributed by atoms with Gasteiger partial charge in [-0.15, -0.1) is 21.9 Å². The maximum atomic E-state index is 16.5. The van der Waals surface area contributed by atoms with Crippen LogP contribution in [0.3, 0.4) is 0 Å². The van der Waals surface area contributed by atoms with E-state index in [-0.39, 0.29) is 0 Å². The predicted molar refractivity (Wildman–Crippen MR) is 182 cm³/mol. The van der Waals surface area contributed by atoms with Gasteiger partial charge in [0.25, 0.3) is 0 Å². The van der Waals surface area contributed by atoms with Gasteiger partial charge in [-0.2, -0.15) is 0 Å². The predicted octanol–water partition coefficient (Wildman–Crippen LogP) is 7.01. The Morgan fingerprint density at radius 2 is 0.633 bits per heavy atom. The monoisotopic (exact) mass is 899 g/mol. The number of halogens is 19. The Morgan fingerprint density at radius 1 is 0.400 bits per heavy atom. The Labute approximate surface area is 327 Å². The smallest absolute Gasteiger partial charge is 0.229 e. The van der Waals surface area contributed by atoms with Gasteiger partial charge in [0.1, 0.15) is 58.4 Å². The van der Waals surface area contributed by atoms with Crippen LogP contribution >= 0.6 is 0 Å². The van der Waals surface area contributed by atoms with Gasteiger partial charge in [0, 0.05) is 12.3 Å². The summed E-state index contributed by atoms with van der Waals surface area (Å²) >= 11 is 0. The number of rotatable bonds is 9. The third-order valence-electron chi connectivity index (χ3n) is 10.1. The minimum absolute atomic E-state index is 0.519. The van der Waals surface area contributed by atoms with Crippen LogP contribution in [0.2, 0.25) is 12.1 Å². The van der Waals surface area contributed by atoms with E-state index in [1.54, 1.807) is 0 Å². The van der Waals surface area contributed by atoms with E-state index in [9.17, 15) is 39.5 Å². The van der Waals surface area contributed by atoms with Crippen molar-refractivity contribution in [3.05, 3.63) is 141 Å². The molecule has 0 radical (unpaired) electrons. The summed E-state index contributed by atoms with van der Waals surface area (Å²) in [7, 11) is 0.602. The van der Waals surface area contributed by atoms with Crippen LogP contribution in [0.4, 0.5) is 89.1 Å². The van der Waals surface area contributed by atoms with Crippen LogP contribution in [0, 0.1) is 111 Å². The van der Waals surface area contributed by atoms with E-state index in [1.165, 1.54) is 10.6 Å². The van der Waals surface area contributed by atoms with Crippen molar-refractivity contribution < 1.29 is 92.7 Å². The van der Waals surface area contributed by atoms with Crippen LogP contribution in [0.5, 0.6) is 0 Å². The first-order valence-electron chi connectivity index (χ1n) is 16.9. The molecule has 2 nitrogen and oxygen atoms in total. The molecule has 0 atom stereocenters. The number of hydrogen-bond donors (Lipinski definition) is 1. The molecular weight excluding hydrogens is 874 g/mol. The molecule has 0 heterocycles. The number of hydrogen-bond acceptors (Lipinski definition) is 1. The summed E-state index contributed by atoms with van der Waals surface area (Å²) in [6, 6.07) is 9.35. The zero-order valence-electron chi connectivity index (χ0n) is 31.0. The van der Waals surface area contributed by atoms with E-state index in [1.807, 2.05) is 6.07 Å². The summed E-state index contributed by atoms with van der Waals surface area (Å²) in [5.74, 6) is -64.9. The number of benzene rings is 5. The lowest BCUT2D eigenvalue weighted by Gasteiger charge is -2.45. The average Bonchev–Trinajstić information content (AvgIpc) is 3.23. The number of nitrogens with one attached hydrogen (secondary N) is 1. The molecular formula is C37H25BF19NOSi. The van der Waals surface area contributed by atoms with Crippen molar-refractivity contribution >= 4 is 47.2 Å².